The van der Waals surface area contributed by atoms with E-state index < -0.39 is 10.0 Å². The minimum absolute atomic E-state index is 0.307. The van der Waals surface area contributed by atoms with Crippen molar-refractivity contribution in [3.05, 3.63) is 24.3 Å². The van der Waals surface area contributed by atoms with Crippen LogP contribution in [0.1, 0.15) is 26.7 Å². The highest BCUT2D eigenvalue weighted by molar-refractivity contribution is 7.89. The van der Waals surface area contributed by atoms with Gasteiger partial charge in [-0.15, -0.1) is 0 Å². The van der Waals surface area contributed by atoms with E-state index in [1.165, 1.54) is 25.9 Å². The Morgan fingerprint density at radius 3 is 2.38 bits per heavy atom. The SMILES string of the molecule is CCNS(=O)(=O)c1ccc(NC(C)CN2CCCC2)cc1. The second kappa shape index (κ2) is 7.24. The quantitative estimate of drug-likeness (QED) is 0.807. The van der Waals surface area contributed by atoms with Gasteiger partial charge in [-0.25, -0.2) is 13.1 Å². The summed E-state index contributed by atoms with van der Waals surface area (Å²) in [6.07, 6.45) is 2.59. The standard InChI is InChI=1S/C15H25N3O2S/c1-3-16-21(19,20)15-8-6-14(7-9-15)17-13(2)12-18-10-4-5-11-18/h6-9,13,16-17H,3-5,10-12H2,1-2H3. The van der Waals surface area contributed by atoms with Gasteiger partial charge in [0.2, 0.25) is 10.0 Å². The normalized spacial score (nSPS) is 17.8. The van der Waals surface area contributed by atoms with Crippen LogP contribution in [0.4, 0.5) is 5.69 Å². The largest absolute Gasteiger partial charge is 0.381 e. The van der Waals surface area contributed by atoms with E-state index in [1.54, 1.807) is 19.1 Å². The summed E-state index contributed by atoms with van der Waals surface area (Å²) in [6.45, 7) is 7.72. The molecule has 0 bridgehead atoms. The molecule has 0 saturated carbocycles. The van der Waals surface area contributed by atoms with Gasteiger partial charge in [-0.05, 0) is 57.1 Å². The maximum absolute atomic E-state index is 11.9. The number of benzene rings is 1. The number of nitrogens with zero attached hydrogens (tertiary/aromatic N) is 1. The molecule has 6 heteroatoms. The van der Waals surface area contributed by atoms with Gasteiger partial charge < -0.3 is 10.2 Å². The number of rotatable bonds is 7. The third kappa shape index (κ3) is 4.69. The topological polar surface area (TPSA) is 61.4 Å². The van der Waals surface area contributed by atoms with Gasteiger partial charge in [0.15, 0.2) is 0 Å². The molecule has 1 fully saturated rings. The lowest BCUT2D eigenvalue weighted by molar-refractivity contribution is 0.328. The Morgan fingerprint density at radius 2 is 1.81 bits per heavy atom. The number of hydrogen-bond donors (Lipinski definition) is 2. The fraction of sp³-hybridized carbons (Fsp3) is 0.600. The average Bonchev–Trinajstić information content (AvgIpc) is 2.92. The zero-order chi connectivity index (χ0) is 15.3. The van der Waals surface area contributed by atoms with Crippen molar-refractivity contribution in [1.29, 1.82) is 0 Å². The molecule has 2 rings (SSSR count). The molecular formula is C15H25N3O2S. The van der Waals surface area contributed by atoms with Gasteiger partial charge in [0.1, 0.15) is 0 Å². The number of likely N-dealkylation sites (tertiary alicyclic amines) is 1. The highest BCUT2D eigenvalue weighted by atomic mass is 32.2. The summed E-state index contributed by atoms with van der Waals surface area (Å²) in [4.78, 5) is 2.77. The van der Waals surface area contributed by atoms with Crippen LogP contribution >= 0.6 is 0 Å². The van der Waals surface area contributed by atoms with Crippen molar-refractivity contribution in [3.8, 4) is 0 Å². The molecule has 1 aromatic rings. The Kier molecular flexibility index (Phi) is 5.61. The van der Waals surface area contributed by atoms with E-state index >= 15 is 0 Å². The third-order valence-corrected chi connectivity index (χ3v) is 5.20. The summed E-state index contributed by atoms with van der Waals surface area (Å²) in [5, 5.41) is 3.42. The van der Waals surface area contributed by atoms with Gasteiger partial charge in [-0.1, -0.05) is 6.92 Å². The van der Waals surface area contributed by atoms with Gasteiger partial charge in [-0.3, -0.25) is 0 Å². The lowest BCUT2D eigenvalue weighted by Crippen LogP contribution is -2.32. The molecule has 1 aliphatic heterocycles. The first-order valence-corrected chi connectivity index (χ1v) is 9.08. The number of sulfonamides is 1. The molecule has 1 unspecified atom stereocenters. The smallest absolute Gasteiger partial charge is 0.240 e. The van der Waals surface area contributed by atoms with E-state index in [-0.39, 0.29) is 0 Å². The lowest BCUT2D eigenvalue weighted by Gasteiger charge is -2.22. The molecule has 21 heavy (non-hydrogen) atoms. The van der Waals surface area contributed by atoms with Gasteiger partial charge in [0.25, 0.3) is 0 Å². The molecule has 1 aromatic carbocycles. The van der Waals surface area contributed by atoms with E-state index in [2.05, 4.69) is 21.9 Å². The van der Waals surface area contributed by atoms with Crippen molar-refractivity contribution in [3.63, 3.8) is 0 Å². The average molecular weight is 311 g/mol. The van der Waals surface area contributed by atoms with E-state index in [0.29, 0.717) is 17.5 Å². The highest BCUT2D eigenvalue weighted by Crippen LogP contribution is 2.15. The van der Waals surface area contributed by atoms with E-state index in [0.717, 1.165) is 12.2 Å². The molecule has 0 radical (unpaired) electrons. The molecule has 0 amide bonds. The van der Waals surface area contributed by atoms with Gasteiger partial charge in [0.05, 0.1) is 4.90 Å². The van der Waals surface area contributed by atoms with Crippen molar-refractivity contribution in [1.82, 2.24) is 9.62 Å². The molecule has 1 aliphatic rings. The minimum Gasteiger partial charge on any atom is -0.381 e. The van der Waals surface area contributed by atoms with Crippen molar-refractivity contribution >= 4 is 15.7 Å². The molecule has 0 aliphatic carbocycles. The third-order valence-electron chi connectivity index (χ3n) is 3.64. The second-order valence-corrected chi connectivity index (χ2v) is 7.35. The van der Waals surface area contributed by atoms with Crippen LogP contribution in [0.15, 0.2) is 29.2 Å². The summed E-state index contributed by atoms with van der Waals surface area (Å²) in [7, 11) is -3.36. The maximum atomic E-state index is 11.9. The van der Waals surface area contributed by atoms with Gasteiger partial charge in [0, 0.05) is 24.8 Å². The Hall–Kier alpha value is -1.11. The zero-order valence-corrected chi connectivity index (χ0v) is 13.6. The Morgan fingerprint density at radius 1 is 1.19 bits per heavy atom. The summed E-state index contributed by atoms with van der Waals surface area (Å²) in [5.74, 6) is 0. The van der Waals surface area contributed by atoms with Crippen molar-refractivity contribution < 1.29 is 8.42 Å². The molecule has 2 N–H and O–H groups in total. The van der Waals surface area contributed by atoms with Crippen LogP contribution in [0, 0.1) is 0 Å². The number of anilines is 1. The fourth-order valence-electron chi connectivity index (χ4n) is 2.69. The van der Waals surface area contributed by atoms with Crippen LogP contribution in [0.3, 0.4) is 0 Å². The molecule has 0 aromatic heterocycles. The Bertz CT molecular complexity index is 537. The van der Waals surface area contributed by atoms with E-state index in [9.17, 15) is 8.42 Å². The predicted molar refractivity (Wildman–Crippen MR) is 86.1 cm³/mol. The summed E-state index contributed by atoms with van der Waals surface area (Å²) < 4.78 is 26.2. The zero-order valence-electron chi connectivity index (χ0n) is 12.8. The summed E-state index contributed by atoms with van der Waals surface area (Å²) >= 11 is 0. The van der Waals surface area contributed by atoms with Crippen LogP contribution in [-0.2, 0) is 10.0 Å². The first-order chi connectivity index (χ1) is 10.0. The highest BCUT2D eigenvalue weighted by Gasteiger charge is 2.15. The monoisotopic (exact) mass is 311 g/mol. The fourth-order valence-corrected chi connectivity index (χ4v) is 3.73. The molecular weight excluding hydrogens is 286 g/mol. The molecule has 1 heterocycles. The molecule has 1 atom stereocenters. The Labute approximate surface area is 127 Å². The first-order valence-electron chi connectivity index (χ1n) is 7.60. The van der Waals surface area contributed by atoms with Crippen LogP contribution in [-0.4, -0.2) is 45.5 Å². The van der Waals surface area contributed by atoms with Gasteiger partial charge in [-0.2, -0.15) is 0 Å². The van der Waals surface area contributed by atoms with Crippen molar-refractivity contribution in [2.75, 3.05) is 31.5 Å². The molecule has 118 valence electrons. The Balaban J connectivity index is 1.92. The molecule has 1 saturated heterocycles. The minimum atomic E-state index is -3.36. The van der Waals surface area contributed by atoms with E-state index in [1.807, 2.05) is 12.1 Å². The van der Waals surface area contributed by atoms with Crippen molar-refractivity contribution in [2.24, 2.45) is 0 Å². The second-order valence-electron chi connectivity index (χ2n) is 5.58. The first kappa shape index (κ1) is 16.3. The number of nitrogens with one attached hydrogen (secondary N) is 2. The lowest BCUT2D eigenvalue weighted by atomic mass is 10.2. The van der Waals surface area contributed by atoms with Gasteiger partial charge >= 0.3 is 0 Å². The molecule has 5 nitrogen and oxygen atoms in total. The van der Waals surface area contributed by atoms with Crippen LogP contribution in [0.25, 0.3) is 0 Å². The summed E-state index contributed by atoms with van der Waals surface area (Å²) in [5.41, 5.74) is 0.956. The van der Waals surface area contributed by atoms with Crippen molar-refractivity contribution in [2.45, 2.75) is 37.6 Å². The predicted octanol–water partition coefficient (Wildman–Crippen LogP) is 1.88. The van der Waals surface area contributed by atoms with Crippen LogP contribution < -0.4 is 10.0 Å². The molecule has 0 spiro atoms. The summed E-state index contributed by atoms with van der Waals surface area (Å²) in [6, 6.07) is 7.28. The number of hydrogen-bond acceptors (Lipinski definition) is 4. The van der Waals surface area contributed by atoms with Crippen LogP contribution in [0.2, 0.25) is 0 Å². The maximum Gasteiger partial charge on any atom is 0.240 e. The van der Waals surface area contributed by atoms with Crippen LogP contribution in [0.5, 0.6) is 0 Å². The van der Waals surface area contributed by atoms with E-state index in [4.69, 9.17) is 0 Å².